The van der Waals surface area contributed by atoms with E-state index in [0.717, 1.165) is 16.8 Å². The molecule has 0 unspecified atom stereocenters. The Balaban J connectivity index is 2.21. The molecule has 4 heteroatoms. The second-order valence-corrected chi connectivity index (χ2v) is 5.25. The van der Waals surface area contributed by atoms with Crippen molar-refractivity contribution >= 4 is 28.7 Å². The lowest BCUT2D eigenvalue weighted by Gasteiger charge is -2.11. The fourth-order valence-corrected chi connectivity index (χ4v) is 2.30. The summed E-state index contributed by atoms with van der Waals surface area (Å²) in [4.78, 5) is 12.3. The fourth-order valence-electron chi connectivity index (χ4n) is 2.05. The van der Waals surface area contributed by atoms with Crippen molar-refractivity contribution in [2.75, 3.05) is 13.2 Å². The van der Waals surface area contributed by atoms with Crippen molar-refractivity contribution in [1.82, 2.24) is 5.32 Å². The molecule has 0 aliphatic heterocycles. The number of ether oxygens (including phenoxy) is 1. The predicted octanol–water partition coefficient (Wildman–Crippen LogP) is 3.60. The predicted molar refractivity (Wildman–Crippen MR) is 97.2 cm³/mol. The maximum absolute atomic E-state index is 11.6. The zero-order chi connectivity index (χ0) is 16.5. The maximum atomic E-state index is 11.6. The second kappa shape index (κ2) is 8.86. The van der Waals surface area contributed by atoms with Crippen LogP contribution in [0.4, 0.5) is 0 Å². The topological polar surface area (TPSA) is 38.3 Å². The van der Waals surface area contributed by atoms with Crippen molar-refractivity contribution in [3.05, 3.63) is 77.9 Å². The van der Waals surface area contributed by atoms with E-state index in [4.69, 9.17) is 17.0 Å². The van der Waals surface area contributed by atoms with Gasteiger partial charge in [-0.15, -0.1) is 0 Å². The van der Waals surface area contributed by atoms with Crippen LogP contribution in [0.3, 0.4) is 0 Å². The van der Waals surface area contributed by atoms with E-state index in [1.807, 2.05) is 66.7 Å². The highest BCUT2D eigenvalue weighted by Crippen LogP contribution is 2.13. The average Bonchev–Trinajstić information content (AvgIpc) is 2.60. The highest BCUT2D eigenvalue weighted by Gasteiger charge is 2.07. The van der Waals surface area contributed by atoms with Crippen LogP contribution in [-0.4, -0.2) is 24.0 Å². The third-order valence-corrected chi connectivity index (χ3v) is 3.50. The minimum absolute atomic E-state index is 0.103. The summed E-state index contributed by atoms with van der Waals surface area (Å²) < 4.78 is 4.96. The van der Waals surface area contributed by atoms with Crippen molar-refractivity contribution in [2.24, 2.45) is 0 Å². The third kappa shape index (κ3) is 5.34. The molecule has 0 bridgehead atoms. The van der Waals surface area contributed by atoms with E-state index in [-0.39, 0.29) is 12.5 Å². The molecule has 0 saturated carbocycles. The molecule has 0 fully saturated rings. The van der Waals surface area contributed by atoms with E-state index in [1.165, 1.54) is 0 Å². The van der Waals surface area contributed by atoms with Gasteiger partial charge in [-0.2, -0.15) is 0 Å². The molecule has 0 saturated heterocycles. The first-order valence-electron chi connectivity index (χ1n) is 7.46. The Morgan fingerprint density at radius 2 is 1.61 bits per heavy atom. The molecule has 0 aliphatic rings. The summed E-state index contributed by atoms with van der Waals surface area (Å²) in [5.41, 5.74) is 2.73. The summed E-state index contributed by atoms with van der Waals surface area (Å²) in [6.45, 7) is 2.26. The summed E-state index contributed by atoms with van der Waals surface area (Å²) in [5.74, 6) is -0.292. The molecule has 0 heterocycles. The lowest BCUT2D eigenvalue weighted by Crippen LogP contribution is -2.24. The number of allylic oxidation sites excluding steroid dienone is 1. The molecule has 2 aromatic rings. The Bertz CT molecular complexity index is 681. The van der Waals surface area contributed by atoms with Crippen molar-refractivity contribution in [3.8, 4) is 0 Å². The first-order valence-corrected chi connectivity index (χ1v) is 7.87. The molecule has 118 valence electrons. The molecule has 3 nitrogen and oxygen atoms in total. The molecule has 0 aliphatic carbocycles. The van der Waals surface area contributed by atoms with Gasteiger partial charge < -0.3 is 10.1 Å². The molecule has 1 N–H and O–H groups in total. The van der Waals surface area contributed by atoms with Crippen LogP contribution in [0.1, 0.15) is 18.1 Å². The van der Waals surface area contributed by atoms with Crippen LogP contribution >= 0.6 is 12.2 Å². The fraction of sp³-hybridized carbons (Fsp3) is 0.158. The number of hydrogen-bond acceptors (Lipinski definition) is 4. The minimum atomic E-state index is -0.292. The molecule has 23 heavy (non-hydrogen) atoms. The van der Waals surface area contributed by atoms with Crippen LogP contribution in [0.25, 0.3) is 5.70 Å². The highest BCUT2D eigenvalue weighted by molar-refractivity contribution is 7.81. The number of nitrogens with one attached hydrogen (secondary N) is 1. The Labute approximate surface area is 142 Å². The number of esters is 1. The number of benzene rings is 2. The second-order valence-electron chi connectivity index (χ2n) is 4.81. The molecule has 0 aromatic heterocycles. The van der Waals surface area contributed by atoms with Gasteiger partial charge in [0, 0.05) is 10.6 Å². The summed E-state index contributed by atoms with van der Waals surface area (Å²) in [5, 5.41) is 3.12. The van der Waals surface area contributed by atoms with Gasteiger partial charge >= 0.3 is 5.97 Å². The van der Waals surface area contributed by atoms with Gasteiger partial charge in [0.15, 0.2) is 0 Å². The van der Waals surface area contributed by atoms with Gasteiger partial charge in [-0.3, -0.25) is 4.79 Å². The zero-order valence-electron chi connectivity index (χ0n) is 13.0. The normalized spacial score (nSPS) is 10.9. The summed E-state index contributed by atoms with van der Waals surface area (Å²) in [6.07, 6.45) is 1.87. The van der Waals surface area contributed by atoms with Gasteiger partial charge in [0.1, 0.15) is 6.54 Å². The van der Waals surface area contributed by atoms with Crippen molar-refractivity contribution < 1.29 is 9.53 Å². The van der Waals surface area contributed by atoms with Crippen LogP contribution in [0, 0.1) is 0 Å². The lowest BCUT2D eigenvalue weighted by atomic mass is 10.1. The number of carbonyl (C=O) groups excluding carboxylic acids is 1. The first kappa shape index (κ1) is 16.9. The van der Waals surface area contributed by atoms with Gasteiger partial charge in [0.05, 0.1) is 6.61 Å². The van der Waals surface area contributed by atoms with Crippen LogP contribution in [-0.2, 0) is 9.53 Å². The molecular weight excluding hydrogens is 306 g/mol. The number of carbonyl (C=O) groups is 1. The smallest absolute Gasteiger partial charge is 0.325 e. The van der Waals surface area contributed by atoms with Crippen molar-refractivity contribution in [3.63, 3.8) is 0 Å². The Kier molecular flexibility index (Phi) is 6.51. The van der Waals surface area contributed by atoms with E-state index in [2.05, 4.69) is 5.32 Å². The number of thiocarbonyl (C=S) groups is 1. The van der Waals surface area contributed by atoms with E-state index in [1.54, 1.807) is 6.92 Å². The molecular formula is C19H19NO2S. The monoisotopic (exact) mass is 325 g/mol. The average molecular weight is 325 g/mol. The lowest BCUT2D eigenvalue weighted by molar-refractivity contribution is -0.141. The van der Waals surface area contributed by atoms with Crippen molar-refractivity contribution in [1.29, 1.82) is 0 Å². The molecule has 0 amide bonds. The largest absolute Gasteiger partial charge is 0.465 e. The SMILES string of the molecule is CCOC(=O)CN/C(=C/C(=S)c1ccccc1)c1ccccc1. The van der Waals surface area contributed by atoms with E-state index >= 15 is 0 Å². The van der Waals surface area contributed by atoms with Gasteiger partial charge in [0.25, 0.3) is 0 Å². The molecule has 2 aromatic carbocycles. The van der Waals surface area contributed by atoms with Gasteiger partial charge in [-0.25, -0.2) is 0 Å². The van der Waals surface area contributed by atoms with Crippen LogP contribution < -0.4 is 5.32 Å². The van der Waals surface area contributed by atoms with Gasteiger partial charge in [0.2, 0.25) is 0 Å². The first-order chi connectivity index (χ1) is 11.2. The number of rotatable bonds is 7. The van der Waals surface area contributed by atoms with E-state index in [9.17, 15) is 4.79 Å². The maximum Gasteiger partial charge on any atom is 0.325 e. The summed E-state index contributed by atoms with van der Waals surface area (Å²) >= 11 is 5.50. The van der Waals surface area contributed by atoms with E-state index in [0.29, 0.717) is 11.5 Å². The Morgan fingerprint density at radius 1 is 1.04 bits per heavy atom. The van der Waals surface area contributed by atoms with E-state index < -0.39 is 0 Å². The van der Waals surface area contributed by atoms with Crippen LogP contribution in [0.5, 0.6) is 0 Å². The Hall–Kier alpha value is -2.46. The zero-order valence-corrected chi connectivity index (χ0v) is 13.8. The van der Waals surface area contributed by atoms with Gasteiger partial charge in [-0.1, -0.05) is 72.9 Å². The summed E-state index contributed by atoms with van der Waals surface area (Å²) in [6, 6.07) is 19.6. The standard InChI is InChI=1S/C19H19NO2S/c1-2-22-19(21)14-20-17(15-9-5-3-6-10-15)13-18(23)16-11-7-4-8-12-16/h3-13,20H,2,14H2,1H3/b17-13+. The molecule has 0 radical (unpaired) electrons. The Morgan fingerprint density at radius 3 is 2.17 bits per heavy atom. The highest BCUT2D eigenvalue weighted by atomic mass is 32.1. The molecule has 2 rings (SSSR count). The molecule has 0 spiro atoms. The van der Waals surface area contributed by atoms with Crippen LogP contribution in [0.2, 0.25) is 0 Å². The number of hydrogen-bond donors (Lipinski definition) is 1. The van der Waals surface area contributed by atoms with Crippen molar-refractivity contribution in [2.45, 2.75) is 6.92 Å². The molecule has 0 atom stereocenters. The minimum Gasteiger partial charge on any atom is -0.465 e. The van der Waals surface area contributed by atoms with Gasteiger partial charge in [-0.05, 0) is 24.1 Å². The quantitative estimate of drug-likeness (QED) is 0.365. The third-order valence-electron chi connectivity index (χ3n) is 3.15. The van der Waals surface area contributed by atoms with Crippen LogP contribution in [0.15, 0.2) is 66.7 Å². The summed E-state index contributed by atoms with van der Waals surface area (Å²) in [7, 11) is 0.